The zero-order valence-electron chi connectivity index (χ0n) is 16.8. The third-order valence-electron chi connectivity index (χ3n) is 4.58. The monoisotopic (exact) mass is 410 g/mol. The summed E-state index contributed by atoms with van der Waals surface area (Å²) in [5.41, 5.74) is 6.61. The van der Waals surface area contributed by atoms with E-state index in [4.69, 9.17) is 10.5 Å². The van der Waals surface area contributed by atoms with Crippen LogP contribution >= 0.6 is 0 Å². The summed E-state index contributed by atoms with van der Waals surface area (Å²) in [5.74, 6) is 0.515. The lowest BCUT2D eigenvalue weighted by atomic mass is 10.0. The number of amidine groups is 1. The molecule has 8 nitrogen and oxygen atoms in total. The standard InChI is InChI=1S/C17H24N4O4S.C2H6/c1-2-6-15(22)21-10-4-3-7-12(21)11-25-14-9-5-8-13-16(14)17(18)20-26(23,24)19-13;1-2/h5,8-9,12,19H,2-4,6-7,10-11H2,1H3,(H2,18,20);1-2H3. The first kappa shape index (κ1) is 22.0. The van der Waals surface area contributed by atoms with Crippen LogP contribution in [-0.4, -0.2) is 44.3 Å². The van der Waals surface area contributed by atoms with Crippen molar-refractivity contribution in [3.05, 3.63) is 23.8 Å². The van der Waals surface area contributed by atoms with Crippen LogP contribution in [0.2, 0.25) is 0 Å². The van der Waals surface area contributed by atoms with Crippen LogP contribution in [0.25, 0.3) is 0 Å². The van der Waals surface area contributed by atoms with E-state index in [1.54, 1.807) is 18.2 Å². The molecule has 2 aliphatic heterocycles. The normalized spacial score (nSPS) is 20.0. The van der Waals surface area contributed by atoms with Crippen LogP contribution in [0.4, 0.5) is 5.69 Å². The molecule has 1 amide bonds. The van der Waals surface area contributed by atoms with Crippen molar-refractivity contribution in [1.29, 1.82) is 0 Å². The molecule has 3 rings (SSSR count). The fourth-order valence-electron chi connectivity index (χ4n) is 3.38. The number of carbonyl (C=O) groups excluding carboxylic acids is 1. The number of piperidine rings is 1. The van der Waals surface area contributed by atoms with Crippen LogP contribution in [0.15, 0.2) is 22.6 Å². The molecule has 9 heteroatoms. The molecular weight excluding hydrogens is 380 g/mol. The highest BCUT2D eigenvalue weighted by Crippen LogP contribution is 2.31. The van der Waals surface area contributed by atoms with E-state index in [0.29, 0.717) is 30.0 Å². The van der Waals surface area contributed by atoms with Crippen LogP contribution in [-0.2, 0) is 15.0 Å². The Hall–Kier alpha value is -2.29. The maximum atomic E-state index is 12.3. The van der Waals surface area contributed by atoms with Gasteiger partial charge in [-0.05, 0) is 37.8 Å². The van der Waals surface area contributed by atoms with Gasteiger partial charge in [-0.1, -0.05) is 26.8 Å². The summed E-state index contributed by atoms with van der Waals surface area (Å²) in [5, 5.41) is 0. The van der Waals surface area contributed by atoms with Crippen LogP contribution in [0, 0.1) is 0 Å². The van der Waals surface area contributed by atoms with Gasteiger partial charge in [0.1, 0.15) is 12.4 Å². The molecule has 0 aliphatic carbocycles. The minimum atomic E-state index is -3.82. The lowest BCUT2D eigenvalue weighted by molar-refractivity contribution is -0.135. The fraction of sp³-hybridized carbons (Fsp3) is 0.579. The topological polar surface area (TPSA) is 114 Å². The smallest absolute Gasteiger partial charge is 0.344 e. The SMILES string of the molecule is CC.CCCC(=O)N1CCCCC1COc1cccc2c1C(N)=NS(=O)(=O)N2. The van der Waals surface area contributed by atoms with Gasteiger partial charge in [0, 0.05) is 13.0 Å². The molecule has 1 fully saturated rings. The number of nitrogens with zero attached hydrogens (tertiary/aromatic N) is 2. The van der Waals surface area contributed by atoms with Gasteiger partial charge in [-0.3, -0.25) is 9.52 Å². The van der Waals surface area contributed by atoms with Crippen LogP contribution in [0.5, 0.6) is 5.75 Å². The van der Waals surface area contributed by atoms with Crippen molar-refractivity contribution >= 4 is 27.6 Å². The van der Waals surface area contributed by atoms with Crippen LogP contribution in [0.3, 0.4) is 0 Å². The van der Waals surface area contributed by atoms with Crippen LogP contribution in [0.1, 0.15) is 58.4 Å². The Bertz CT molecular complexity index is 823. The number of fused-ring (bicyclic) bond motifs is 1. The quantitative estimate of drug-likeness (QED) is 0.774. The molecule has 0 bridgehead atoms. The number of amides is 1. The summed E-state index contributed by atoms with van der Waals surface area (Å²) in [4.78, 5) is 14.2. The molecule has 3 N–H and O–H groups in total. The highest BCUT2D eigenvalue weighted by molar-refractivity contribution is 7.91. The Labute approximate surface area is 167 Å². The van der Waals surface area contributed by atoms with Gasteiger partial charge in [0.05, 0.1) is 17.3 Å². The van der Waals surface area contributed by atoms with E-state index < -0.39 is 10.2 Å². The number of ether oxygens (including phenoxy) is 1. The van der Waals surface area contributed by atoms with Gasteiger partial charge in [0.2, 0.25) is 5.91 Å². The third-order valence-corrected chi connectivity index (χ3v) is 5.50. The van der Waals surface area contributed by atoms with Gasteiger partial charge in [-0.2, -0.15) is 8.42 Å². The zero-order chi connectivity index (χ0) is 20.7. The lowest BCUT2D eigenvalue weighted by Crippen LogP contribution is -2.46. The predicted octanol–water partition coefficient (Wildman–Crippen LogP) is 2.65. The van der Waals surface area contributed by atoms with Crippen molar-refractivity contribution in [3.8, 4) is 5.75 Å². The first-order valence-electron chi connectivity index (χ1n) is 9.85. The van der Waals surface area contributed by atoms with E-state index in [1.165, 1.54) is 0 Å². The van der Waals surface area contributed by atoms with Crippen molar-refractivity contribution in [1.82, 2.24) is 4.90 Å². The number of hydrogen-bond acceptors (Lipinski definition) is 5. The lowest BCUT2D eigenvalue weighted by Gasteiger charge is -2.36. The van der Waals surface area contributed by atoms with E-state index in [-0.39, 0.29) is 17.8 Å². The molecule has 0 aromatic heterocycles. The second-order valence-corrected chi connectivity index (χ2v) is 7.87. The number of rotatable bonds is 5. The Morgan fingerprint density at radius 2 is 2.11 bits per heavy atom. The molecule has 1 aromatic carbocycles. The molecule has 2 heterocycles. The molecule has 0 saturated carbocycles. The zero-order valence-corrected chi connectivity index (χ0v) is 17.6. The average Bonchev–Trinajstić information content (AvgIpc) is 2.67. The number of benzene rings is 1. The van der Waals surface area contributed by atoms with Gasteiger partial charge in [-0.15, -0.1) is 4.40 Å². The molecule has 1 aromatic rings. The third kappa shape index (κ3) is 5.15. The highest BCUT2D eigenvalue weighted by atomic mass is 32.2. The van der Waals surface area contributed by atoms with Crippen LogP contribution < -0.4 is 15.2 Å². The average molecular weight is 411 g/mol. The Morgan fingerprint density at radius 3 is 2.82 bits per heavy atom. The highest BCUT2D eigenvalue weighted by Gasteiger charge is 2.28. The minimum Gasteiger partial charge on any atom is -0.491 e. The van der Waals surface area contributed by atoms with Crippen molar-refractivity contribution in [2.75, 3.05) is 17.9 Å². The number of likely N-dealkylation sites (tertiary alicyclic amines) is 1. The molecule has 156 valence electrons. The van der Waals surface area contributed by atoms with Crippen molar-refractivity contribution < 1.29 is 17.9 Å². The maximum absolute atomic E-state index is 12.3. The first-order valence-corrected chi connectivity index (χ1v) is 11.3. The number of nitrogens with two attached hydrogens (primary N) is 1. The molecule has 1 atom stereocenters. The van der Waals surface area contributed by atoms with Crippen molar-refractivity contribution in [3.63, 3.8) is 0 Å². The minimum absolute atomic E-state index is 0.0112. The molecule has 0 radical (unpaired) electrons. The number of carbonyl (C=O) groups is 1. The summed E-state index contributed by atoms with van der Waals surface area (Å²) >= 11 is 0. The summed E-state index contributed by atoms with van der Waals surface area (Å²) in [7, 11) is -3.82. The van der Waals surface area contributed by atoms with Crippen molar-refractivity contribution in [2.24, 2.45) is 10.1 Å². The van der Waals surface area contributed by atoms with E-state index >= 15 is 0 Å². The molecule has 0 spiro atoms. The summed E-state index contributed by atoms with van der Waals surface area (Å²) in [6.45, 7) is 7.09. The first-order chi connectivity index (χ1) is 13.4. The van der Waals surface area contributed by atoms with E-state index in [0.717, 1.165) is 32.2 Å². The van der Waals surface area contributed by atoms with Crippen molar-refractivity contribution in [2.45, 2.75) is 58.9 Å². The summed E-state index contributed by atoms with van der Waals surface area (Å²) in [6.07, 6.45) is 4.32. The Kier molecular flexibility index (Phi) is 7.68. The van der Waals surface area contributed by atoms with Gasteiger partial charge in [-0.25, -0.2) is 0 Å². The molecule has 1 saturated heterocycles. The second-order valence-electron chi connectivity index (χ2n) is 6.53. The maximum Gasteiger partial charge on any atom is 0.344 e. The fourth-order valence-corrected chi connectivity index (χ4v) is 4.23. The Balaban J connectivity index is 0.00000136. The number of nitrogens with one attached hydrogen (secondary N) is 1. The molecule has 28 heavy (non-hydrogen) atoms. The van der Waals surface area contributed by atoms with E-state index in [1.807, 2.05) is 25.7 Å². The van der Waals surface area contributed by atoms with Gasteiger partial charge < -0.3 is 15.4 Å². The van der Waals surface area contributed by atoms with E-state index in [9.17, 15) is 13.2 Å². The van der Waals surface area contributed by atoms with Gasteiger partial charge in [0.15, 0.2) is 5.84 Å². The molecule has 2 aliphatic rings. The summed E-state index contributed by atoms with van der Waals surface area (Å²) in [6, 6.07) is 5.04. The Morgan fingerprint density at radius 1 is 1.36 bits per heavy atom. The van der Waals surface area contributed by atoms with Gasteiger partial charge >= 0.3 is 10.2 Å². The van der Waals surface area contributed by atoms with E-state index in [2.05, 4.69) is 9.12 Å². The molecular formula is C19H30N4O4S. The largest absolute Gasteiger partial charge is 0.491 e. The predicted molar refractivity (Wildman–Crippen MR) is 111 cm³/mol. The molecule has 1 unspecified atom stereocenters. The van der Waals surface area contributed by atoms with Gasteiger partial charge in [0.25, 0.3) is 0 Å². The summed E-state index contributed by atoms with van der Waals surface area (Å²) < 4.78 is 35.1. The second kappa shape index (κ2) is 9.77. The number of hydrogen-bond donors (Lipinski definition) is 2. The number of anilines is 1.